The summed E-state index contributed by atoms with van der Waals surface area (Å²) in [4.78, 5) is 1.25. The minimum Gasteiger partial charge on any atom is -0.493 e. The topological polar surface area (TPSA) is 30.5 Å². The fourth-order valence-corrected chi connectivity index (χ4v) is 3.08. The Bertz CT molecular complexity index is 837. The molecule has 0 spiro atoms. The van der Waals surface area contributed by atoms with Crippen molar-refractivity contribution in [2.75, 3.05) is 18.7 Å². The maximum atomic E-state index is 5.99. The molecule has 0 aliphatic rings. The lowest BCUT2D eigenvalue weighted by atomic mass is 10.2. The summed E-state index contributed by atoms with van der Waals surface area (Å²) in [6, 6.07) is 24.6. The van der Waals surface area contributed by atoms with E-state index >= 15 is 0 Å². The van der Waals surface area contributed by atoms with Gasteiger partial charge in [0.05, 0.1) is 7.11 Å². The Balaban J connectivity index is 1.68. The zero-order chi connectivity index (χ0) is 18.2. The van der Waals surface area contributed by atoms with E-state index in [0.717, 1.165) is 34.9 Å². The number of methoxy groups -OCH3 is 1. The highest BCUT2D eigenvalue weighted by Crippen LogP contribution is 2.29. The standard InChI is InChI=1S/C22H23NO2S/c1-24-21-12-11-18(15-23-19-9-6-10-20(14-19)26-2)13-22(21)25-16-17-7-4-3-5-8-17/h3-14,23H,15-16H2,1-2H3. The van der Waals surface area contributed by atoms with Crippen LogP contribution in [0.1, 0.15) is 11.1 Å². The number of thioether (sulfide) groups is 1. The summed E-state index contributed by atoms with van der Waals surface area (Å²) in [5.74, 6) is 1.50. The lowest BCUT2D eigenvalue weighted by molar-refractivity contribution is 0.284. The van der Waals surface area contributed by atoms with E-state index in [-0.39, 0.29) is 0 Å². The van der Waals surface area contributed by atoms with Crippen molar-refractivity contribution in [2.24, 2.45) is 0 Å². The average Bonchev–Trinajstić information content (AvgIpc) is 2.71. The van der Waals surface area contributed by atoms with E-state index in [9.17, 15) is 0 Å². The van der Waals surface area contributed by atoms with Gasteiger partial charge in [0.25, 0.3) is 0 Å². The molecule has 3 aromatic rings. The van der Waals surface area contributed by atoms with Crippen LogP contribution in [-0.4, -0.2) is 13.4 Å². The number of hydrogen-bond donors (Lipinski definition) is 1. The molecule has 1 N–H and O–H groups in total. The molecule has 0 saturated carbocycles. The van der Waals surface area contributed by atoms with E-state index in [0.29, 0.717) is 6.61 Å². The van der Waals surface area contributed by atoms with Crippen molar-refractivity contribution in [3.63, 3.8) is 0 Å². The van der Waals surface area contributed by atoms with Crippen LogP contribution in [0.4, 0.5) is 5.69 Å². The Morgan fingerprint density at radius 1 is 0.846 bits per heavy atom. The van der Waals surface area contributed by atoms with Crippen molar-refractivity contribution < 1.29 is 9.47 Å². The molecule has 0 amide bonds. The molecule has 0 saturated heterocycles. The second-order valence-corrected chi connectivity index (χ2v) is 6.72. The van der Waals surface area contributed by atoms with Gasteiger partial charge in [-0.15, -0.1) is 11.8 Å². The molecule has 0 aliphatic carbocycles. The van der Waals surface area contributed by atoms with Crippen molar-refractivity contribution in [3.05, 3.63) is 83.9 Å². The zero-order valence-corrected chi connectivity index (χ0v) is 15.9. The van der Waals surface area contributed by atoms with Crippen LogP contribution in [0.25, 0.3) is 0 Å². The Hall–Kier alpha value is -2.59. The molecular formula is C22H23NO2S. The van der Waals surface area contributed by atoms with Crippen molar-refractivity contribution >= 4 is 17.4 Å². The highest BCUT2D eigenvalue weighted by atomic mass is 32.2. The number of rotatable bonds is 8. The van der Waals surface area contributed by atoms with Crippen LogP contribution in [0.5, 0.6) is 11.5 Å². The van der Waals surface area contributed by atoms with Crippen molar-refractivity contribution in [1.82, 2.24) is 0 Å². The molecule has 0 fully saturated rings. The fourth-order valence-electron chi connectivity index (χ4n) is 2.62. The summed E-state index contributed by atoms with van der Waals surface area (Å²) in [6.07, 6.45) is 2.08. The van der Waals surface area contributed by atoms with E-state index in [1.165, 1.54) is 4.90 Å². The first-order chi connectivity index (χ1) is 12.8. The van der Waals surface area contributed by atoms with E-state index in [1.54, 1.807) is 18.9 Å². The number of ether oxygens (including phenoxy) is 2. The monoisotopic (exact) mass is 365 g/mol. The molecule has 0 atom stereocenters. The van der Waals surface area contributed by atoms with Gasteiger partial charge in [0, 0.05) is 17.1 Å². The molecule has 0 heterocycles. The number of hydrogen-bond acceptors (Lipinski definition) is 4. The Morgan fingerprint density at radius 2 is 1.69 bits per heavy atom. The van der Waals surface area contributed by atoms with Gasteiger partial charge < -0.3 is 14.8 Å². The van der Waals surface area contributed by atoms with Gasteiger partial charge in [-0.1, -0.05) is 42.5 Å². The minimum absolute atomic E-state index is 0.518. The Kier molecular flexibility index (Phi) is 6.45. The van der Waals surface area contributed by atoms with Crippen LogP contribution in [-0.2, 0) is 13.2 Å². The van der Waals surface area contributed by atoms with Gasteiger partial charge in [-0.25, -0.2) is 0 Å². The first-order valence-electron chi connectivity index (χ1n) is 8.50. The largest absolute Gasteiger partial charge is 0.493 e. The third-order valence-corrected chi connectivity index (χ3v) is 4.76. The summed E-state index contributed by atoms with van der Waals surface area (Å²) in [7, 11) is 1.66. The first kappa shape index (κ1) is 18.2. The number of benzene rings is 3. The first-order valence-corrected chi connectivity index (χ1v) is 9.72. The molecule has 4 heteroatoms. The van der Waals surface area contributed by atoms with Crippen LogP contribution in [0.2, 0.25) is 0 Å². The Labute approximate surface area is 159 Å². The van der Waals surface area contributed by atoms with Gasteiger partial charge in [-0.05, 0) is 47.7 Å². The maximum absolute atomic E-state index is 5.99. The van der Waals surface area contributed by atoms with Crippen molar-refractivity contribution in [2.45, 2.75) is 18.0 Å². The van der Waals surface area contributed by atoms with Crippen LogP contribution >= 0.6 is 11.8 Å². The van der Waals surface area contributed by atoms with E-state index < -0.39 is 0 Å². The van der Waals surface area contributed by atoms with E-state index in [1.807, 2.05) is 30.3 Å². The van der Waals surface area contributed by atoms with Crippen LogP contribution < -0.4 is 14.8 Å². The molecular weight excluding hydrogens is 342 g/mol. The summed E-state index contributed by atoms with van der Waals surface area (Å²) in [5.41, 5.74) is 3.38. The van der Waals surface area contributed by atoms with Gasteiger partial charge >= 0.3 is 0 Å². The molecule has 26 heavy (non-hydrogen) atoms. The summed E-state index contributed by atoms with van der Waals surface area (Å²) in [6.45, 7) is 1.24. The van der Waals surface area contributed by atoms with E-state index in [4.69, 9.17) is 9.47 Å². The quantitative estimate of drug-likeness (QED) is 0.526. The molecule has 0 aromatic heterocycles. The predicted molar refractivity (Wildman–Crippen MR) is 109 cm³/mol. The second kappa shape index (κ2) is 9.20. The third-order valence-electron chi connectivity index (χ3n) is 4.03. The van der Waals surface area contributed by atoms with Gasteiger partial charge in [0.2, 0.25) is 0 Å². The Morgan fingerprint density at radius 3 is 2.46 bits per heavy atom. The summed E-state index contributed by atoms with van der Waals surface area (Å²) >= 11 is 1.74. The predicted octanol–water partition coefficient (Wildman–Crippen LogP) is 5.61. The van der Waals surface area contributed by atoms with Gasteiger partial charge in [-0.2, -0.15) is 0 Å². The molecule has 3 nitrogen and oxygen atoms in total. The average molecular weight is 365 g/mol. The molecule has 134 valence electrons. The van der Waals surface area contributed by atoms with Crippen LogP contribution in [0.15, 0.2) is 77.7 Å². The van der Waals surface area contributed by atoms with Crippen molar-refractivity contribution in [3.8, 4) is 11.5 Å². The second-order valence-electron chi connectivity index (χ2n) is 5.84. The zero-order valence-electron chi connectivity index (χ0n) is 15.1. The number of anilines is 1. The van der Waals surface area contributed by atoms with Gasteiger partial charge in [0.1, 0.15) is 6.61 Å². The minimum atomic E-state index is 0.518. The molecule has 0 radical (unpaired) electrons. The normalized spacial score (nSPS) is 10.4. The van der Waals surface area contributed by atoms with Crippen LogP contribution in [0, 0.1) is 0 Å². The molecule has 3 aromatic carbocycles. The summed E-state index contributed by atoms with van der Waals surface area (Å²) in [5, 5.41) is 3.46. The summed E-state index contributed by atoms with van der Waals surface area (Å²) < 4.78 is 11.4. The molecule has 0 bridgehead atoms. The highest BCUT2D eigenvalue weighted by Gasteiger charge is 2.07. The molecule has 0 aliphatic heterocycles. The van der Waals surface area contributed by atoms with E-state index in [2.05, 4.69) is 54.0 Å². The SMILES string of the molecule is COc1ccc(CNc2cccc(SC)c2)cc1OCc1ccccc1. The smallest absolute Gasteiger partial charge is 0.162 e. The van der Waals surface area contributed by atoms with Crippen molar-refractivity contribution in [1.29, 1.82) is 0 Å². The lowest BCUT2D eigenvalue weighted by Crippen LogP contribution is -2.02. The highest BCUT2D eigenvalue weighted by molar-refractivity contribution is 7.98. The molecule has 0 unspecified atom stereocenters. The third kappa shape index (κ3) is 4.96. The van der Waals surface area contributed by atoms with Gasteiger partial charge in [0.15, 0.2) is 11.5 Å². The maximum Gasteiger partial charge on any atom is 0.162 e. The van der Waals surface area contributed by atoms with Crippen LogP contribution in [0.3, 0.4) is 0 Å². The molecule has 3 rings (SSSR count). The lowest BCUT2D eigenvalue weighted by Gasteiger charge is -2.13. The van der Waals surface area contributed by atoms with Gasteiger partial charge in [-0.3, -0.25) is 0 Å². The fraction of sp³-hybridized carbons (Fsp3) is 0.182. The number of nitrogens with one attached hydrogen (secondary N) is 1.